The molecule has 3 N–H and O–H groups in total. The second kappa shape index (κ2) is 44.8. The van der Waals surface area contributed by atoms with Crippen molar-refractivity contribution in [2.75, 3.05) is 6.61 Å². The van der Waals surface area contributed by atoms with Crippen molar-refractivity contribution < 1.29 is 15.0 Å². The molecule has 0 fully saturated rings. The van der Waals surface area contributed by atoms with Gasteiger partial charge in [0.1, 0.15) is 0 Å². The summed E-state index contributed by atoms with van der Waals surface area (Å²) in [6.07, 6.45) is 54.8. The van der Waals surface area contributed by atoms with Crippen LogP contribution in [0.3, 0.4) is 0 Å². The van der Waals surface area contributed by atoms with Crippen molar-refractivity contribution in [2.45, 2.75) is 296 Å². The second-order valence-electron chi connectivity index (χ2n) is 16.9. The Morgan fingerprint density at radius 3 is 0.865 bits per heavy atom. The van der Waals surface area contributed by atoms with Crippen LogP contribution < -0.4 is 5.32 Å². The molecule has 0 saturated heterocycles. The van der Waals surface area contributed by atoms with Crippen LogP contribution in [0, 0.1) is 0 Å². The molecule has 2 unspecified atom stereocenters. The van der Waals surface area contributed by atoms with Gasteiger partial charge in [0.2, 0.25) is 5.91 Å². The van der Waals surface area contributed by atoms with Crippen molar-refractivity contribution in [3.63, 3.8) is 0 Å². The van der Waals surface area contributed by atoms with E-state index in [9.17, 15) is 15.0 Å². The molecule has 0 aliphatic carbocycles. The Bertz CT molecular complexity index is 670. The van der Waals surface area contributed by atoms with Gasteiger partial charge >= 0.3 is 0 Å². The van der Waals surface area contributed by atoms with Crippen molar-refractivity contribution in [3.8, 4) is 0 Å². The molecule has 4 nitrogen and oxygen atoms in total. The largest absolute Gasteiger partial charge is 0.394 e. The fourth-order valence-electron chi connectivity index (χ4n) is 7.89. The van der Waals surface area contributed by atoms with E-state index in [1.54, 1.807) is 0 Å². The zero-order valence-corrected chi connectivity index (χ0v) is 35.9. The van der Waals surface area contributed by atoms with Gasteiger partial charge in [0.15, 0.2) is 0 Å². The van der Waals surface area contributed by atoms with Gasteiger partial charge in [-0.05, 0) is 12.8 Å². The van der Waals surface area contributed by atoms with Crippen molar-refractivity contribution >= 4 is 5.91 Å². The molecule has 312 valence electrons. The smallest absolute Gasteiger partial charge is 0.220 e. The van der Waals surface area contributed by atoms with E-state index in [-0.39, 0.29) is 12.5 Å². The topological polar surface area (TPSA) is 69.6 Å². The Balaban J connectivity index is 3.44. The van der Waals surface area contributed by atoms with Crippen LogP contribution in [0.25, 0.3) is 0 Å². The van der Waals surface area contributed by atoms with Crippen LogP contribution >= 0.6 is 0 Å². The first-order valence-electron chi connectivity index (χ1n) is 24.2. The van der Waals surface area contributed by atoms with Gasteiger partial charge < -0.3 is 15.5 Å². The first-order chi connectivity index (χ1) is 25.7. The Kier molecular flexibility index (Phi) is 44.3. The van der Waals surface area contributed by atoms with Crippen LogP contribution in [0.2, 0.25) is 0 Å². The first-order valence-corrected chi connectivity index (χ1v) is 24.2. The number of hydrogen-bond donors (Lipinski definition) is 3. The van der Waals surface area contributed by atoms with Gasteiger partial charge in [0.05, 0.1) is 18.8 Å². The van der Waals surface area contributed by atoms with E-state index in [1.165, 1.54) is 231 Å². The Labute approximate surface area is 327 Å². The molecule has 0 aliphatic heterocycles. The number of aliphatic hydroxyl groups is 2. The van der Waals surface area contributed by atoms with Crippen LogP contribution in [0.4, 0.5) is 0 Å². The quantitative estimate of drug-likeness (QED) is 0.0545. The average molecular weight is 736 g/mol. The zero-order valence-electron chi connectivity index (χ0n) is 35.9. The number of unbranched alkanes of at least 4 members (excludes halogenated alkanes) is 38. The number of carbonyl (C=O) groups excluding carboxylic acids is 1. The summed E-state index contributed by atoms with van der Waals surface area (Å²) in [5.41, 5.74) is 0. The maximum atomic E-state index is 12.4. The van der Waals surface area contributed by atoms with Crippen molar-refractivity contribution in [1.82, 2.24) is 5.32 Å². The van der Waals surface area contributed by atoms with Crippen LogP contribution in [-0.4, -0.2) is 34.9 Å². The summed E-state index contributed by atoms with van der Waals surface area (Å²) in [6.45, 7) is 4.39. The summed E-state index contributed by atoms with van der Waals surface area (Å²) < 4.78 is 0. The van der Waals surface area contributed by atoms with E-state index in [4.69, 9.17) is 0 Å². The Morgan fingerprint density at radius 2 is 0.615 bits per heavy atom. The third kappa shape index (κ3) is 40.6. The molecule has 0 spiro atoms. The second-order valence-corrected chi connectivity index (χ2v) is 16.9. The number of hydrogen-bond acceptors (Lipinski definition) is 3. The minimum Gasteiger partial charge on any atom is -0.394 e. The lowest BCUT2D eigenvalue weighted by atomic mass is 10.0. The lowest BCUT2D eigenvalue weighted by molar-refractivity contribution is -0.123. The zero-order chi connectivity index (χ0) is 37.8. The number of nitrogens with one attached hydrogen (secondary N) is 1. The maximum Gasteiger partial charge on any atom is 0.220 e. The van der Waals surface area contributed by atoms with E-state index in [2.05, 4.69) is 19.2 Å². The van der Waals surface area contributed by atoms with E-state index in [1.807, 2.05) is 0 Å². The van der Waals surface area contributed by atoms with Gasteiger partial charge in [-0.3, -0.25) is 4.79 Å². The number of amides is 1. The number of rotatable bonds is 45. The van der Waals surface area contributed by atoms with Crippen LogP contribution in [-0.2, 0) is 4.79 Å². The van der Waals surface area contributed by atoms with Crippen LogP contribution in [0.15, 0.2) is 0 Å². The summed E-state index contributed by atoms with van der Waals surface area (Å²) in [6, 6.07) is -0.530. The predicted octanol–water partition coefficient (Wildman–Crippen LogP) is 15.2. The predicted molar refractivity (Wildman–Crippen MR) is 230 cm³/mol. The molecule has 0 heterocycles. The summed E-state index contributed by atoms with van der Waals surface area (Å²) in [5, 5.41) is 23.3. The molecule has 52 heavy (non-hydrogen) atoms. The normalized spacial score (nSPS) is 12.8. The van der Waals surface area contributed by atoms with Gasteiger partial charge in [0.25, 0.3) is 0 Å². The highest BCUT2D eigenvalue weighted by Gasteiger charge is 2.20. The lowest BCUT2D eigenvalue weighted by Gasteiger charge is -2.22. The molecule has 0 aliphatic rings. The first kappa shape index (κ1) is 51.4. The molecule has 2 atom stereocenters. The Morgan fingerprint density at radius 1 is 0.385 bits per heavy atom. The fourth-order valence-corrected chi connectivity index (χ4v) is 7.89. The highest BCUT2D eigenvalue weighted by molar-refractivity contribution is 5.76. The molecule has 4 heteroatoms. The molecular weight excluding hydrogens is 639 g/mol. The highest BCUT2D eigenvalue weighted by Crippen LogP contribution is 2.17. The minimum atomic E-state index is -0.653. The van der Waals surface area contributed by atoms with Gasteiger partial charge in [0, 0.05) is 6.42 Å². The summed E-state index contributed by atoms with van der Waals surface area (Å²) in [5.74, 6) is -0.0244. The van der Waals surface area contributed by atoms with Crippen molar-refractivity contribution in [3.05, 3.63) is 0 Å². The van der Waals surface area contributed by atoms with Gasteiger partial charge in [-0.25, -0.2) is 0 Å². The minimum absolute atomic E-state index is 0.0244. The third-order valence-corrected chi connectivity index (χ3v) is 11.6. The number of carbonyl (C=O) groups is 1. The van der Waals surface area contributed by atoms with E-state index in [0.29, 0.717) is 12.8 Å². The monoisotopic (exact) mass is 736 g/mol. The fraction of sp³-hybridized carbons (Fsp3) is 0.979. The summed E-state index contributed by atoms with van der Waals surface area (Å²) >= 11 is 0. The molecule has 1 amide bonds. The van der Waals surface area contributed by atoms with Crippen molar-refractivity contribution in [2.24, 2.45) is 0 Å². The molecule has 0 aromatic heterocycles. The average Bonchev–Trinajstić information content (AvgIpc) is 3.15. The third-order valence-electron chi connectivity index (χ3n) is 11.6. The maximum absolute atomic E-state index is 12.4. The van der Waals surface area contributed by atoms with Gasteiger partial charge in [-0.2, -0.15) is 0 Å². The summed E-state index contributed by atoms with van der Waals surface area (Å²) in [4.78, 5) is 12.4. The lowest BCUT2D eigenvalue weighted by Crippen LogP contribution is -2.45. The van der Waals surface area contributed by atoms with E-state index in [0.717, 1.165) is 25.7 Å². The molecule has 0 bridgehead atoms. The molecular formula is C48H97NO3. The SMILES string of the molecule is CCCCCCCCCCCCCCCCCCCCCCCCC(O)C(CO)NC(=O)CCCCCCCCCCCCCCCCCCCC. The van der Waals surface area contributed by atoms with Gasteiger partial charge in [-0.1, -0.05) is 264 Å². The van der Waals surface area contributed by atoms with Crippen molar-refractivity contribution in [1.29, 1.82) is 0 Å². The molecule has 0 aromatic carbocycles. The highest BCUT2D eigenvalue weighted by atomic mass is 16.3. The van der Waals surface area contributed by atoms with Crippen LogP contribution in [0.1, 0.15) is 284 Å². The van der Waals surface area contributed by atoms with Crippen LogP contribution in [0.5, 0.6) is 0 Å². The molecule has 0 radical (unpaired) electrons. The van der Waals surface area contributed by atoms with E-state index < -0.39 is 12.1 Å². The van der Waals surface area contributed by atoms with Gasteiger partial charge in [-0.15, -0.1) is 0 Å². The standard InChI is InChI=1S/C48H97NO3/c1-3-5-7-9-11-13-15-17-19-21-23-24-25-26-27-29-31-33-35-37-39-41-43-47(51)46(45-50)49-48(52)44-42-40-38-36-34-32-30-28-22-20-18-16-14-12-10-8-6-4-2/h46-47,50-51H,3-45H2,1-2H3,(H,49,52). The molecule has 0 saturated carbocycles. The molecule has 0 rings (SSSR count). The summed E-state index contributed by atoms with van der Waals surface area (Å²) in [7, 11) is 0. The number of aliphatic hydroxyl groups excluding tert-OH is 2. The molecule has 0 aromatic rings. The Hall–Kier alpha value is -0.610. The van der Waals surface area contributed by atoms with E-state index >= 15 is 0 Å².